The van der Waals surface area contributed by atoms with Crippen molar-refractivity contribution in [2.75, 3.05) is 13.1 Å². The van der Waals surface area contributed by atoms with Gasteiger partial charge in [0.05, 0.1) is 0 Å². The van der Waals surface area contributed by atoms with Gasteiger partial charge in [-0.05, 0) is 31.4 Å². The Balaban J connectivity index is 1.55. The van der Waals surface area contributed by atoms with Gasteiger partial charge in [0.2, 0.25) is 0 Å². The third-order valence-electron chi connectivity index (χ3n) is 4.87. The number of likely N-dealkylation sites (tertiary alicyclic amines) is 1. The summed E-state index contributed by atoms with van der Waals surface area (Å²) in [5, 5.41) is 18.4. The highest BCUT2D eigenvalue weighted by atomic mass is 16.3. The van der Waals surface area contributed by atoms with Crippen LogP contribution in [0.2, 0.25) is 0 Å². The predicted molar refractivity (Wildman–Crippen MR) is 88.4 cm³/mol. The average Bonchev–Trinajstić information content (AvgIpc) is 3.13. The van der Waals surface area contributed by atoms with E-state index in [1.165, 1.54) is 0 Å². The maximum Gasteiger partial charge on any atom is 0.173 e. The largest absolute Gasteiger partial charge is 0.378 e. The number of amidine groups is 1. The van der Waals surface area contributed by atoms with E-state index in [1.807, 2.05) is 6.21 Å². The number of rotatable bonds is 5. The first kappa shape index (κ1) is 15.5. The lowest BCUT2D eigenvalue weighted by atomic mass is 9.85. The van der Waals surface area contributed by atoms with Crippen molar-refractivity contribution in [2.24, 2.45) is 27.8 Å². The predicted octanol–water partition coefficient (Wildman–Crippen LogP) is 1.11. The van der Waals surface area contributed by atoms with E-state index in [0.717, 1.165) is 38.2 Å². The topological polar surface area (TPSA) is 72.2 Å². The number of hydrogen-bond acceptors (Lipinski definition) is 6. The highest BCUT2D eigenvalue weighted by Gasteiger charge is 2.44. The van der Waals surface area contributed by atoms with E-state index in [4.69, 9.17) is 0 Å². The van der Waals surface area contributed by atoms with Crippen molar-refractivity contribution in [2.45, 2.75) is 45.6 Å². The van der Waals surface area contributed by atoms with Crippen LogP contribution in [0.5, 0.6) is 0 Å². The van der Waals surface area contributed by atoms with E-state index in [1.54, 1.807) is 0 Å². The summed E-state index contributed by atoms with van der Waals surface area (Å²) < 4.78 is 0. The summed E-state index contributed by atoms with van der Waals surface area (Å²) in [5.74, 6) is 2.09. The zero-order valence-corrected chi connectivity index (χ0v) is 13.4. The molecule has 0 aromatic heterocycles. The molecule has 22 heavy (non-hydrogen) atoms. The highest BCUT2D eigenvalue weighted by Crippen LogP contribution is 2.37. The monoisotopic (exact) mass is 305 g/mol. The number of aliphatic hydroxyl groups excluding tert-OH is 1. The van der Waals surface area contributed by atoms with Gasteiger partial charge in [-0.3, -0.25) is 10.4 Å². The quantitative estimate of drug-likeness (QED) is 0.525. The Morgan fingerprint density at radius 2 is 2.32 bits per heavy atom. The molecule has 2 aliphatic heterocycles. The fraction of sp³-hybridized carbons (Fsp3) is 0.750. The summed E-state index contributed by atoms with van der Waals surface area (Å²) in [6, 6.07) is 0. The Morgan fingerprint density at radius 1 is 1.50 bits per heavy atom. The second kappa shape index (κ2) is 6.79. The fourth-order valence-electron chi connectivity index (χ4n) is 3.54. The molecule has 0 amide bonds. The van der Waals surface area contributed by atoms with Crippen molar-refractivity contribution in [3.8, 4) is 0 Å². The Labute approximate surface area is 132 Å². The standard InChI is InChI=1S/C16H27N5O/c1-3-8-17-9-11(2)14-18-16(20-19-14)21-10-12-6-4-5-7-13(12)15(21)22/h4-5,8,11-13,15-16,20,22H,3,6-7,9-10H2,1-2H3,(H,18,19)/b17-8-. The molecule has 2 heterocycles. The second-order valence-corrected chi connectivity index (χ2v) is 6.51. The van der Waals surface area contributed by atoms with Crippen LogP contribution >= 0.6 is 0 Å². The van der Waals surface area contributed by atoms with Gasteiger partial charge in [-0.1, -0.05) is 26.0 Å². The van der Waals surface area contributed by atoms with Crippen LogP contribution in [0.25, 0.3) is 0 Å². The van der Waals surface area contributed by atoms with Gasteiger partial charge in [-0.15, -0.1) is 0 Å². The number of hydrogen-bond donors (Lipinski definition) is 3. The Kier molecular flexibility index (Phi) is 4.78. The van der Waals surface area contributed by atoms with Crippen molar-refractivity contribution >= 4 is 12.1 Å². The fourth-order valence-corrected chi connectivity index (χ4v) is 3.54. The average molecular weight is 305 g/mol. The number of nitrogens with one attached hydrogen (secondary N) is 2. The van der Waals surface area contributed by atoms with Crippen molar-refractivity contribution in [3.63, 3.8) is 0 Å². The van der Waals surface area contributed by atoms with Crippen LogP contribution in [0, 0.1) is 17.8 Å². The molecule has 6 nitrogen and oxygen atoms in total. The molecular formula is C16H27N5O. The summed E-state index contributed by atoms with van der Waals surface area (Å²) in [6.07, 6.45) is 8.88. The smallest absolute Gasteiger partial charge is 0.173 e. The van der Waals surface area contributed by atoms with E-state index in [0.29, 0.717) is 11.8 Å². The number of aliphatic hydroxyl groups is 1. The maximum atomic E-state index is 10.6. The SMILES string of the molecule is CC/C=N\CC(C)C1=NNC(N2CC3CC=CCC3C2O)N1. The molecule has 0 radical (unpaired) electrons. The van der Waals surface area contributed by atoms with Gasteiger partial charge < -0.3 is 10.4 Å². The lowest BCUT2D eigenvalue weighted by Gasteiger charge is -2.29. The van der Waals surface area contributed by atoms with Gasteiger partial charge in [0.25, 0.3) is 0 Å². The summed E-state index contributed by atoms with van der Waals surface area (Å²) in [4.78, 5) is 6.48. The second-order valence-electron chi connectivity index (χ2n) is 6.51. The summed E-state index contributed by atoms with van der Waals surface area (Å²) in [6.45, 7) is 5.85. The highest BCUT2D eigenvalue weighted by molar-refractivity contribution is 5.85. The van der Waals surface area contributed by atoms with Crippen LogP contribution in [-0.4, -0.2) is 47.7 Å². The zero-order chi connectivity index (χ0) is 15.5. The lowest BCUT2D eigenvalue weighted by Crippen LogP contribution is -2.53. The first-order valence-corrected chi connectivity index (χ1v) is 8.37. The molecular weight excluding hydrogens is 278 g/mol. The van der Waals surface area contributed by atoms with Crippen molar-refractivity contribution < 1.29 is 5.11 Å². The Bertz CT molecular complexity index is 475. The van der Waals surface area contributed by atoms with Gasteiger partial charge in [0, 0.05) is 24.9 Å². The van der Waals surface area contributed by atoms with Crippen LogP contribution in [-0.2, 0) is 0 Å². The van der Waals surface area contributed by atoms with Crippen LogP contribution in [0.1, 0.15) is 33.1 Å². The van der Waals surface area contributed by atoms with Crippen molar-refractivity contribution in [1.29, 1.82) is 0 Å². The molecule has 3 aliphatic rings. The number of nitrogens with zero attached hydrogens (tertiary/aromatic N) is 3. The van der Waals surface area contributed by atoms with Gasteiger partial charge in [0.1, 0.15) is 12.1 Å². The number of aliphatic imine (C=N–C) groups is 1. The van der Waals surface area contributed by atoms with Gasteiger partial charge in [-0.2, -0.15) is 5.10 Å². The third kappa shape index (κ3) is 3.03. The molecule has 1 fully saturated rings. The van der Waals surface area contributed by atoms with E-state index >= 15 is 0 Å². The third-order valence-corrected chi connectivity index (χ3v) is 4.87. The molecule has 0 spiro atoms. The van der Waals surface area contributed by atoms with E-state index < -0.39 is 6.23 Å². The summed E-state index contributed by atoms with van der Waals surface area (Å²) in [7, 11) is 0. The molecule has 122 valence electrons. The Morgan fingerprint density at radius 3 is 3.09 bits per heavy atom. The Hall–Kier alpha value is -1.40. The molecule has 5 atom stereocenters. The van der Waals surface area contributed by atoms with Gasteiger partial charge in [0.15, 0.2) is 6.29 Å². The molecule has 0 bridgehead atoms. The molecule has 0 saturated carbocycles. The molecule has 1 aliphatic carbocycles. The summed E-state index contributed by atoms with van der Waals surface area (Å²) in [5.41, 5.74) is 3.13. The minimum atomic E-state index is -0.400. The first-order valence-electron chi connectivity index (χ1n) is 8.37. The molecule has 6 heteroatoms. The molecule has 0 aromatic rings. The van der Waals surface area contributed by atoms with E-state index in [2.05, 4.69) is 51.7 Å². The van der Waals surface area contributed by atoms with Crippen LogP contribution in [0.4, 0.5) is 0 Å². The molecule has 3 rings (SSSR count). The van der Waals surface area contributed by atoms with E-state index in [-0.39, 0.29) is 12.2 Å². The van der Waals surface area contributed by atoms with Crippen molar-refractivity contribution in [3.05, 3.63) is 12.2 Å². The van der Waals surface area contributed by atoms with Gasteiger partial charge in [-0.25, -0.2) is 4.90 Å². The number of hydrazone groups is 1. The molecule has 0 aromatic carbocycles. The van der Waals surface area contributed by atoms with Crippen LogP contribution in [0.15, 0.2) is 22.2 Å². The molecule has 3 N–H and O–H groups in total. The van der Waals surface area contributed by atoms with Crippen molar-refractivity contribution in [1.82, 2.24) is 15.6 Å². The van der Waals surface area contributed by atoms with Crippen LogP contribution in [0.3, 0.4) is 0 Å². The minimum Gasteiger partial charge on any atom is -0.378 e. The number of allylic oxidation sites excluding steroid dienone is 2. The summed E-state index contributed by atoms with van der Waals surface area (Å²) >= 11 is 0. The zero-order valence-electron chi connectivity index (χ0n) is 13.4. The minimum absolute atomic E-state index is 0.104. The van der Waals surface area contributed by atoms with E-state index in [9.17, 15) is 5.11 Å². The van der Waals surface area contributed by atoms with Crippen LogP contribution < -0.4 is 10.7 Å². The maximum absolute atomic E-state index is 10.6. The lowest BCUT2D eigenvalue weighted by molar-refractivity contribution is -0.0275. The molecule has 5 unspecified atom stereocenters. The molecule has 1 saturated heterocycles. The van der Waals surface area contributed by atoms with Gasteiger partial charge >= 0.3 is 0 Å². The normalized spacial score (nSPS) is 36.0. The number of fused-ring (bicyclic) bond motifs is 1. The first-order chi connectivity index (χ1) is 10.7.